The van der Waals surface area contributed by atoms with E-state index >= 15 is 0 Å². The topological polar surface area (TPSA) is 61.8 Å². The standard InChI is InChI=1S/C14H16O5/c1-3-18-13(15)6-9-8-19-12-5-4-10(17-2)7-11(12)14(9)16/h4-5,7,9H,3,6,8H2,1-2H3. The van der Waals surface area contributed by atoms with Crippen LogP contribution in [0.25, 0.3) is 0 Å². The zero-order valence-corrected chi connectivity index (χ0v) is 11.0. The van der Waals surface area contributed by atoms with E-state index in [2.05, 4.69) is 0 Å². The normalized spacial score (nSPS) is 17.4. The summed E-state index contributed by atoms with van der Waals surface area (Å²) in [4.78, 5) is 23.7. The number of rotatable bonds is 4. The molecule has 2 rings (SSSR count). The Morgan fingerprint density at radius 3 is 2.95 bits per heavy atom. The van der Waals surface area contributed by atoms with Gasteiger partial charge in [0, 0.05) is 0 Å². The van der Waals surface area contributed by atoms with Crippen LogP contribution in [0.3, 0.4) is 0 Å². The molecule has 0 aliphatic carbocycles. The van der Waals surface area contributed by atoms with Crippen LogP contribution in [0.4, 0.5) is 0 Å². The molecule has 5 heteroatoms. The van der Waals surface area contributed by atoms with Crippen molar-refractivity contribution in [3.63, 3.8) is 0 Å². The molecule has 19 heavy (non-hydrogen) atoms. The van der Waals surface area contributed by atoms with E-state index in [0.717, 1.165) is 0 Å². The van der Waals surface area contributed by atoms with Crippen molar-refractivity contribution in [2.45, 2.75) is 13.3 Å². The number of esters is 1. The maximum Gasteiger partial charge on any atom is 0.306 e. The molecule has 0 saturated heterocycles. The quantitative estimate of drug-likeness (QED) is 0.776. The number of carbonyl (C=O) groups is 2. The van der Waals surface area contributed by atoms with Crippen molar-refractivity contribution >= 4 is 11.8 Å². The van der Waals surface area contributed by atoms with Gasteiger partial charge in [-0.25, -0.2) is 0 Å². The van der Waals surface area contributed by atoms with Crippen molar-refractivity contribution in [1.82, 2.24) is 0 Å². The van der Waals surface area contributed by atoms with Gasteiger partial charge in [-0.2, -0.15) is 0 Å². The summed E-state index contributed by atoms with van der Waals surface area (Å²) in [5, 5.41) is 0. The lowest BCUT2D eigenvalue weighted by atomic mass is 9.92. The van der Waals surface area contributed by atoms with Crippen molar-refractivity contribution in [3.05, 3.63) is 23.8 Å². The van der Waals surface area contributed by atoms with Gasteiger partial charge in [0.15, 0.2) is 5.78 Å². The maximum absolute atomic E-state index is 12.3. The van der Waals surface area contributed by atoms with Crippen molar-refractivity contribution in [2.24, 2.45) is 5.92 Å². The van der Waals surface area contributed by atoms with Gasteiger partial charge in [-0.05, 0) is 25.1 Å². The van der Waals surface area contributed by atoms with Crippen molar-refractivity contribution in [2.75, 3.05) is 20.3 Å². The summed E-state index contributed by atoms with van der Waals surface area (Å²) in [5.41, 5.74) is 0.458. The highest BCUT2D eigenvalue weighted by Gasteiger charge is 2.31. The van der Waals surface area contributed by atoms with Crippen LogP contribution in [-0.2, 0) is 9.53 Å². The lowest BCUT2D eigenvalue weighted by Crippen LogP contribution is -2.30. The molecule has 0 spiro atoms. The number of methoxy groups -OCH3 is 1. The van der Waals surface area contributed by atoms with E-state index in [1.54, 1.807) is 25.1 Å². The van der Waals surface area contributed by atoms with Gasteiger partial charge < -0.3 is 14.2 Å². The van der Waals surface area contributed by atoms with Gasteiger partial charge in [-0.15, -0.1) is 0 Å². The minimum absolute atomic E-state index is 0.0450. The Kier molecular flexibility index (Phi) is 4.04. The van der Waals surface area contributed by atoms with Crippen LogP contribution in [0.1, 0.15) is 23.7 Å². The summed E-state index contributed by atoms with van der Waals surface area (Å²) in [6.07, 6.45) is 0.0450. The number of fused-ring (bicyclic) bond motifs is 1. The van der Waals surface area contributed by atoms with Crippen LogP contribution < -0.4 is 9.47 Å². The summed E-state index contributed by atoms with van der Waals surface area (Å²) < 4.78 is 15.4. The zero-order chi connectivity index (χ0) is 13.8. The highest BCUT2D eigenvalue weighted by molar-refractivity contribution is 6.03. The van der Waals surface area contributed by atoms with Crippen LogP contribution in [0.15, 0.2) is 18.2 Å². The molecule has 0 fully saturated rings. The first kappa shape index (κ1) is 13.4. The minimum atomic E-state index is -0.487. The highest BCUT2D eigenvalue weighted by atomic mass is 16.5. The molecule has 0 bridgehead atoms. The Balaban J connectivity index is 2.16. The van der Waals surface area contributed by atoms with Gasteiger partial charge >= 0.3 is 5.97 Å². The molecule has 0 aromatic heterocycles. The number of hydrogen-bond donors (Lipinski definition) is 0. The molecular weight excluding hydrogens is 248 g/mol. The van der Waals surface area contributed by atoms with E-state index in [-0.39, 0.29) is 24.8 Å². The molecule has 1 aliphatic heterocycles. The van der Waals surface area contributed by atoms with Crippen molar-refractivity contribution in [1.29, 1.82) is 0 Å². The first-order chi connectivity index (χ1) is 9.15. The Labute approximate surface area is 111 Å². The third kappa shape index (κ3) is 2.86. The first-order valence-electron chi connectivity index (χ1n) is 6.16. The molecule has 102 valence electrons. The molecule has 1 aromatic rings. The number of carbonyl (C=O) groups excluding carboxylic acids is 2. The Morgan fingerprint density at radius 2 is 2.26 bits per heavy atom. The van der Waals surface area contributed by atoms with Gasteiger partial charge in [0.05, 0.1) is 38.2 Å². The van der Waals surface area contributed by atoms with Crippen molar-refractivity contribution in [3.8, 4) is 11.5 Å². The van der Waals surface area contributed by atoms with Crippen LogP contribution >= 0.6 is 0 Å². The summed E-state index contributed by atoms with van der Waals surface area (Å²) >= 11 is 0. The largest absolute Gasteiger partial charge is 0.497 e. The second-order valence-corrected chi connectivity index (χ2v) is 4.24. The van der Waals surface area contributed by atoms with Crippen LogP contribution in [0, 0.1) is 5.92 Å². The summed E-state index contributed by atoms with van der Waals surface area (Å²) in [5.74, 6) is 0.154. The molecule has 1 aliphatic rings. The summed E-state index contributed by atoms with van der Waals surface area (Å²) in [7, 11) is 1.53. The fourth-order valence-electron chi connectivity index (χ4n) is 2.01. The minimum Gasteiger partial charge on any atom is -0.497 e. The zero-order valence-electron chi connectivity index (χ0n) is 11.0. The Hall–Kier alpha value is -2.04. The van der Waals surface area contributed by atoms with E-state index in [0.29, 0.717) is 23.7 Å². The predicted molar refractivity (Wildman–Crippen MR) is 67.6 cm³/mol. The third-order valence-corrected chi connectivity index (χ3v) is 2.98. The average Bonchev–Trinajstić information content (AvgIpc) is 2.42. The van der Waals surface area contributed by atoms with Crippen LogP contribution in [0.5, 0.6) is 11.5 Å². The highest BCUT2D eigenvalue weighted by Crippen LogP contribution is 2.31. The maximum atomic E-state index is 12.3. The second-order valence-electron chi connectivity index (χ2n) is 4.24. The number of Topliss-reactive ketones (excluding diaryl/α,β-unsaturated/α-hetero) is 1. The summed E-state index contributed by atoms with van der Waals surface area (Å²) in [6.45, 7) is 2.25. The van der Waals surface area contributed by atoms with Crippen molar-refractivity contribution < 1.29 is 23.8 Å². The smallest absolute Gasteiger partial charge is 0.306 e. The molecule has 5 nitrogen and oxygen atoms in total. The molecule has 1 atom stereocenters. The molecular formula is C14H16O5. The van der Waals surface area contributed by atoms with Gasteiger partial charge in [0.25, 0.3) is 0 Å². The number of hydrogen-bond acceptors (Lipinski definition) is 5. The van der Waals surface area contributed by atoms with E-state index in [9.17, 15) is 9.59 Å². The molecule has 1 heterocycles. The van der Waals surface area contributed by atoms with E-state index in [1.807, 2.05) is 0 Å². The number of benzene rings is 1. The second kappa shape index (κ2) is 5.73. The van der Waals surface area contributed by atoms with E-state index in [4.69, 9.17) is 14.2 Å². The van der Waals surface area contributed by atoms with Gasteiger partial charge in [0.1, 0.15) is 11.5 Å². The lowest BCUT2D eigenvalue weighted by Gasteiger charge is -2.23. The fraction of sp³-hybridized carbons (Fsp3) is 0.429. The van der Waals surface area contributed by atoms with Gasteiger partial charge in [-0.1, -0.05) is 0 Å². The SMILES string of the molecule is CCOC(=O)CC1COc2ccc(OC)cc2C1=O. The van der Waals surface area contributed by atoms with Crippen LogP contribution in [0.2, 0.25) is 0 Å². The Bertz CT molecular complexity index is 495. The lowest BCUT2D eigenvalue weighted by molar-refractivity contribution is -0.144. The van der Waals surface area contributed by atoms with Gasteiger partial charge in [-0.3, -0.25) is 9.59 Å². The predicted octanol–water partition coefficient (Wildman–Crippen LogP) is 1.84. The van der Waals surface area contributed by atoms with E-state index < -0.39 is 5.92 Å². The number of ether oxygens (including phenoxy) is 3. The van der Waals surface area contributed by atoms with E-state index in [1.165, 1.54) is 7.11 Å². The molecule has 0 saturated carbocycles. The third-order valence-electron chi connectivity index (χ3n) is 2.98. The number of ketones is 1. The molecule has 0 N–H and O–H groups in total. The first-order valence-corrected chi connectivity index (χ1v) is 6.16. The molecule has 0 radical (unpaired) electrons. The van der Waals surface area contributed by atoms with Gasteiger partial charge in [0.2, 0.25) is 0 Å². The monoisotopic (exact) mass is 264 g/mol. The molecule has 1 aromatic carbocycles. The summed E-state index contributed by atoms with van der Waals surface area (Å²) in [6, 6.07) is 5.07. The average molecular weight is 264 g/mol. The fourth-order valence-corrected chi connectivity index (χ4v) is 2.01. The molecule has 0 amide bonds. The van der Waals surface area contributed by atoms with Crippen LogP contribution in [-0.4, -0.2) is 32.1 Å². The molecule has 1 unspecified atom stereocenters. The Morgan fingerprint density at radius 1 is 1.47 bits per heavy atom.